The number of hydrogen-bond donors (Lipinski definition) is 0. The standard InChI is InChI=1S/C19H21NO5S2/c1-14-6-5-9-20(11-14)27(23,24)16-10-18(26-13-16)19(22)25-12-17(21)15-7-3-2-4-8-15/h2-4,7-8,10,13-14H,5-6,9,11-12H2,1H3. The Balaban J connectivity index is 1.64. The lowest BCUT2D eigenvalue weighted by Gasteiger charge is -2.29. The molecule has 2 heterocycles. The second-order valence-electron chi connectivity index (χ2n) is 6.62. The highest BCUT2D eigenvalue weighted by Gasteiger charge is 2.30. The number of thiophene rings is 1. The lowest BCUT2D eigenvalue weighted by atomic mass is 10.0. The zero-order valence-corrected chi connectivity index (χ0v) is 16.6. The molecule has 1 atom stereocenters. The van der Waals surface area contributed by atoms with Crippen LogP contribution in [0.5, 0.6) is 0 Å². The van der Waals surface area contributed by atoms with Crippen LogP contribution >= 0.6 is 11.3 Å². The van der Waals surface area contributed by atoms with Crippen molar-refractivity contribution in [2.75, 3.05) is 19.7 Å². The molecule has 1 saturated heterocycles. The average Bonchev–Trinajstić information content (AvgIpc) is 3.18. The summed E-state index contributed by atoms with van der Waals surface area (Å²) < 4.78 is 32.0. The summed E-state index contributed by atoms with van der Waals surface area (Å²) in [5.41, 5.74) is 0.457. The average molecular weight is 408 g/mol. The maximum absolute atomic E-state index is 12.7. The number of piperidine rings is 1. The van der Waals surface area contributed by atoms with Crippen LogP contribution in [-0.2, 0) is 14.8 Å². The number of carbonyl (C=O) groups is 2. The topological polar surface area (TPSA) is 80.8 Å². The van der Waals surface area contributed by atoms with Crippen molar-refractivity contribution < 1.29 is 22.7 Å². The van der Waals surface area contributed by atoms with Gasteiger partial charge in [0.25, 0.3) is 0 Å². The third-order valence-corrected chi connectivity index (χ3v) is 7.37. The number of ether oxygens (including phenoxy) is 1. The van der Waals surface area contributed by atoms with Gasteiger partial charge in [-0.05, 0) is 24.8 Å². The Morgan fingerprint density at radius 2 is 2.00 bits per heavy atom. The van der Waals surface area contributed by atoms with Crippen LogP contribution in [0.4, 0.5) is 0 Å². The Labute approximate surface area is 162 Å². The van der Waals surface area contributed by atoms with Crippen LogP contribution in [0.2, 0.25) is 0 Å². The fraction of sp³-hybridized carbons (Fsp3) is 0.368. The number of rotatable bonds is 6. The number of Topliss-reactive ketones (excluding diaryl/α,β-unsaturated/α-hetero) is 1. The fourth-order valence-corrected chi connectivity index (χ4v) is 5.74. The molecule has 0 saturated carbocycles. The summed E-state index contributed by atoms with van der Waals surface area (Å²) in [7, 11) is -3.61. The van der Waals surface area contributed by atoms with Crippen molar-refractivity contribution in [3.63, 3.8) is 0 Å². The Morgan fingerprint density at radius 3 is 2.70 bits per heavy atom. The molecule has 1 fully saturated rings. The first-order valence-electron chi connectivity index (χ1n) is 8.72. The molecule has 8 heteroatoms. The molecule has 1 aliphatic heterocycles. The molecule has 1 aliphatic rings. The summed E-state index contributed by atoms with van der Waals surface area (Å²) >= 11 is 1.01. The molecule has 144 valence electrons. The van der Waals surface area contributed by atoms with E-state index in [1.807, 2.05) is 6.92 Å². The predicted molar refractivity (Wildman–Crippen MR) is 103 cm³/mol. The summed E-state index contributed by atoms with van der Waals surface area (Å²) in [5.74, 6) is -0.686. The van der Waals surface area contributed by atoms with E-state index in [9.17, 15) is 18.0 Å². The van der Waals surface area contributed by atoms with Gasteiger partial charge in [-0.15, -0.1) is 11.3 Å². The Morgan fingerprint density at radius 1 is 1.26 bits per heavy atom. The van der Waals surface area contributed by atoms with Gasteiger partial charge in [0.15, 0.2) is 12.4 Å². The van der Waals surface area contributed by atoms with Crippen molar-refractivity contribution in [3.05, 3.63) is 52.2 Å². The van der Waals surface area contributed by atoms with Crippen LogP contribution in [0, 0.1) is 5.92 Å². The van der Waals surface area contributed by atoms with E-state index in [0.29, 0.717) is 24.6 Å². The summed E-state index contributed by atoms with van der Waals surface area (Å²) in [6, 6.07) is 9.87. The zero-order chi connectivity index (χ0) is 19.4. The quantitative estimate of drug-likeness (QED) is 0.543. The van der Waals surface area contributed by atoms with Crippen molar-refractivity contribution in [3.8, 4) is 0 Å². The lowest BCUT2D eigenvalue weighted by molar-refractivity contribution is 0.0479. The summed E-state index contributed by atoms with van der Waals surface area (Å²) in [6.45, 7) is 2.63. The zero-order valence-electron chi connectivity index (χ0n) is 15.0. The van der Waals surface area contributed by atoms with Gasteiger partial charge in [-0.2, -0.15) is 4.31 Å². The first-order chi connectivity index (χ1) is 12.9. The van der Waals surface area contributed by atoms with Gasteiger partial charge in [-0.25, -0.2) is 13.2 Å². The molecule has 1 aromatic carbocycles. The Bertz CT molecular complexity index is 921. The van der Waals surface area contributed by atoms with Crippen molar-refractivity contribution in [1.82, 2.24) is 4.31 Å². The lowest BCUT2D eigenvalue weighted by Crippen LogP contribution is -2.38. The molecular formula is C19H21NO5S2. The van der Waals surface area contributed by atoms with Gasteiger partial charge in [-0.3, -0.25) is 4.79 Å². The third kappa shape index (κ3) is 4.63. The van der Waals surface area contributed by atoms with E-state index in [-0.39, 0.29) is 22.2 Å². The minimum absolute atomic E-state index is 0.0999. The van der Waals surface area contributed by atoms with E-state index in [2.05, 4.69) is 0 Å². The van der Waals surface area contributed by atoms with Crippen molar-refractivity contribution >= 4 is 33.1 Å². The fourth-order valence-electron chi connectivity index (χ4n) is 2.98. The first-order valence-corrected chi connectivity index (χ1v) is 11.0. The van der Waals surface area contributed by atoms with E-state index < -0.39 is 16.0 Å². The van der Waals surface area contributed by atoms with Crippen LogP contribution in [0.1, 0.15) is 39.8 Å². The molecule has 0 spiro atoms. The highest BCUT2D eigenvalue weighted by molar-refractivity contribution is 7.89. The summed E-state index contributed by atoms with van der Waals surface area (Å²) in [6.07, 6.45) is 1.85. The number of esters is 1. The van der Waals surface area contributed by atoms with Crippen molar-refractivity contribution in [2.24, 2.45) is 5.92 Å². The Kier molecular flexibility index (Phi) is 6.08. The van der Waals surface area contributed by atoms with E-state index >= 15 is 0 Å². The highest BCUT2D eigenvalue weighted by atomic mass is 32.2. The highest BCUT2D eigenvalue weighted by Crippen LogP contribution is 2.27. The second kappa shape index (κ2) is 8.33. The largest absolute Gasteiger partial charge is 0.453 e. The molecule has 3 rings (SSSR count). The van der Waals surface area contributed by atoms with Crippen LogP contribution in [0.15, 0.2) is 46.7 Å². The molecule has 6 nitrogen and oxygen atoms in total. The third-order valence-electron chi connectivity index (χ3n) is 4.46. The maximum Gasteiger partial charge on any atom is 0.348 e. The second-order valence-corrected chi connectivity index (χ2v) is 9.47. The molecule has 2 aromatic rings. The molecule has 0 bridgehead atoms. The number of benzene rings is 1. The SMILES string of the molecule is CC1CCCN(S(=O)(=O)c2csc(C(=O)OCC(=O)c3ccccc3)c2)C1. The van der Waals surface area contributed by atoms with E-state index in [0.717, 1.165) is 24.2 Å². The maximum atomic E-state index is 12.7. The van der Waals surface area contributed by atoms with Gasteiger partial charge in [-0.1, -0.05) is 37.3 Å². The number of carbonyl (C=O) groups excluding carboxylic acids is 2. The van der Waals surface area contributed by atoms with Gasteiger partial charge in [0.1, 0.15) is 4.88 Å². The van der Waals surface area contributed by atoms with E-state index in [1.54, 1.807) is 30.3 Å². The molecule has 1 aromatic heterocycles. The molecule has 0 aliphatic carbocycles. The van der Waals surface area contributed by atoms with Crippen LogP contribution in [0.25, 0.3) is 0 Å². The molecular weight excluding hydrogens is 386 g/mol. The van der Waals surface area contributed by atoms with Crippen LogP contribution in [0.3, 0.4) is 0 Å². The van der Waals surface area contributed by atoms with Gasteiger partial charge in [0, 0.05) is 24.0 Å². The number of sulfonamides is 1. The monoisotopic (exact) mass is 407 g/mol. The minimum Gasteiger partial charge on any atom is -0.453 e. The van der Waals surface area contributed by atoms with Gasteiger partial charge in [0.05, 0.1) is 4.90 Å². The minimum atomic E-state index is -3.61. The van der Waals surface area contributed by atoms with Crippen LogP contribution < -0.4 is 0 Å². The molecule has 0 N–H and O–H groups in total. The Hall–Kier alpha value is -2.03. The smallest absolute Gasteiger partial charge is 0.348 e. The van der Waals surface area contributed by atoms with Gasteiger partial charge < -0.3 is 4.74 Å². The number of nitrogens with zero attached hydrogens (tertiary/aromatic N) is 1. The predicted octanol–water partition coefficient (Wildman–Crippen LogP) is 3.21. The van der Waals surface area contributed by atoms with Gasteiger partial charge in [0.2, 0.25) is 10.0 Å². The van der Waals surface area contributed by atoms with Crippen molar-refractivity contribution in [2.45, 2.75) is 24.7 Å². The van der Waals surface area contributed by atoms with Gasteiger partial charge >= 0.3 is 5.97 Å². The normalized spacial score (nSPS) is 18.2. The first kappa shape index (κ1) is 19.7. The van der Waals surface area contributed by atoms with E-state index in [1.165, 1.54) is 15.8 Å². The van der Waals surface area contributed by atoms with Crippen molar-refractivity contribution in [1.29, 1.82) is 0 Å². The molecule has 0 amide bonds. The number of hydrogen-bond acceptors (Lipinski definition) is 6. The van der Waals surface area contributed by atoms with E-state index in [4.69, 9.17) is 4.74 Å². The molecule has 1 unspecified atom stereocenters. The number of ketones is 1. The molecule has 0 radical (unpaired) electrons. The van der Waals surface area contributed by atoms with Crippen LogP contribution in [-0.4, -0.2) is 44.2 Å². The summed E-state index contributed by atoms with van der Waals surface area (Å²) in [4.78, 5) is 24.4. The summed E-state index contributed by atoms with van der Waals surface area (Å²) in [5, 5.41) is 1.45. The molecule has 27 heavy (non-hydrogen) atoms.